The van der Waals surface area contributed by atoms with E-state index in [1.807, 2.05) is 36.7 Å². The molecular formula is C20H24N6O2. The zero-order valence-electron chi connectivity index (χ0n) is 15.9. The van der Waals surface area contributed by atoms with Crippen molar-refractivity contribution in [3.05, 3.63) is 53.6 Å². The van der Waals surface area contributed by atoms with E-state index in [0.717, 1.165) is 22.7 Å². The third-order valence-electron chi connectivity index (χ3n) is 5.58. The molecule has 0 bridgehead atoms. The molecule has 2 aliphatic carbocycles. The number of hydrogen-bond donors (Lipinski definition) is 1. The maximum absolute atomic E-state index is 11.7. The molecule has 0 atom stereocenters. The fraction of sp³-hybridized carbons (Fsp3) is 0.500. The lowest BCUT2D eigenvalue weighted by molar-refractivity contribution is -0.00616. The van der Waals surface area contributed by atoms with Crippen molar-refractivity contribution in [3.8, 4) is 5.75 Å². The summed E-state index contributed by atoms with van der Waals surface area (Å²) in [7, 11) is 1.63. The van der Waals surface area contributed by atoms with Crippen molar-refractivity contribution >= 4 is 0 Å². The summed E-state index contributed by atoms with van der Waals surface area (Å²) in [4.78, 5) is 0. The molecule has 2 fully saturated rings. The van der Waals surface area contributed by atoms with Crippen LogP contribution >= 0.6 is 0 Å². The summed E-state index contributed by atoms with van der Waals surface area (Å²) in [6.07, 6.45) is 8.58. The molecule has 0 radical (unpaired) electrons. The third-order valence-corrected chi connectivity index (χ3v) is 5.58. The van der Waals surface area contributed by atoms with Crippen molar-refractivity contribution in [2.24, 2.45) is 0 Å². The SMILES string of the molecule is COc1ccc(C(O)(Cn2cc(C3CC3)nn2)Cn2cc(C3CC3)nn2)cc1. The molecule has 0 spiro atoms. The van der Waals surface area contributed by atoms with Gasteiger partial charge in [-0.25, -0.2) is 9.36 Å². The average Bonchev–Trinajstić information content (AvgIpc) is 3.64. The number of ether oxygens (including phenoxy) is 1. The van der Waals surface area contributed by atoms with Crippen LogP contribution in [-0.4, -0.2) is 42.2 Å². The number of hydrogen-bond acceptors (Lipinski definition) is 6. The molecule has 0 saturated heterocycles. The highest BCUT2D eigenvalue weighted by atomic mass is 16.5. The first-order valence-corrected chi connectivity index (χ1v) is 9.80. The lowest BCUT2D eigenvalue weighted by atomic mass is 9.93. The molecule has 3 aromatic rings. The summed E-state index contributed by atoms with van der Waals surface area (Å²) in [5.41, 5.74) is 1.60. The van der Waals surface area contributed by atoms with E-state index in [9.17, 15) is 5.11 Å². The van der Waals surface area contributed by atoms with Crippen molar-refractivity contribution in [1.29, 1.82) is 0 Å². The first kappa shape index (κ1) is 17.4. The van der Waals surface area contributed by atoms with Gasteiger partial charge in [-0.15, -0.1) is 10.2 Å². The van der Waals surface area contributed by atoms with E-state index in [2.05, 4.69) is 20.6 Å². The fourth-order valence-electron chi connectivity index (χ4n) is 3.58. The van der Waals surface area contributed by atoms with Gasteiger partial charge in [-0.05, 0) is 43.4 Å². The molecule has 2 aliphatic rings. The zero-order valence-corrected chi connectivity index (χ0v) is 15.9. The smallest absolute Gasteiger partial charge is 0.129 e. The lowest BCUT2D eigenvalue weighted by Crippen LogP contribution is -2.36. The van der Waals surface area contributed by atoms with Crippen LogP contribution in [0, 0.1) is 0 Å². The first-order valence-electron chi connectivity index (χ1n) is 9.80. The van der Waals surface area contributed by atoms with E-state index >= 15 is 0 Å². The largest absolute Gasteiger partial charge is 0.497 e. The van der Waals surface area contributed by atoms with Crippen LogP contribution in [0.25, 0.3) is 0 Å². The molecule has 2 heterocycles. The monoisotopic (exact) mass is 380 g/mol. The molecule has 0 aliphatic heterocycles. The summed E-state index contributed by atoms with van der Waals surface area (Å²) >= 11 is 0. The van der Waals surface area contributed by atoms with Gasteiger partial charge in [0.25, 0.3) is 0 Å². The Morgan fingerprint density at radius 3 is 1.86 bits per heavy atom. The zero-order chi connectivity index (χ0) is 19.1. The fourth-order valence-corrected chi connectivity index (χ4v) is 3.58. The van der Waals surface area contributed by atoms with Gasteiger partial charge < -0.3 is 9.84 Å². The van der Waals surface area contributed by atoms with Gasteiger partial charge in [0.1, 0.15) is 11.4 Å². The van der Waals surface area contributed by atoms with Gasteiger partial charge >= 0.3 is 0 Å². The Hall–Kier alpha value is -2.74. The van der Waals surface area contributed by atoms with Crippen molar-refractivity contribution < 1.29 is 9.84 Å². The predicted molar refractivity (Wildman–Crippen MR) is 101 cm³/mol. The van der Waals surface area contributed by atoms with E-state index in [0.29, 0.717) is 11.8 Å². The standard InChI is InChI=1S/C20H24N6O2/c1-28-17-8-6-16(7-9-17)20(27,12-25-10-18(21-23-25)14-2-3-14)13-26-11-19(22-24-26)15-4-5-15/h6-11,14-15,27H,2-5,12-13H2,1H3. The van der Waals surface area contributed by atoms with Crippen LogP contribution in [0.4, 0.5) is 0 Å². The summed E-state index contributed by atoms with van der Waals surface area (Å²) in [6.45, 7) is 0.579. The molecule has 2 aromatic heterocycles. The van der Waals surface area contributed by atoms with Crippen molar-refractivity contribution in [3.63, 3.8) is 0 Å². The number of nitrogens with zero attached hydrogens (tertiary/aromatic N) is 6. The molecular weight excluding hydrogens is 356 g/mol. The van der Waals surface area contributed by atoms with Crippen molar-refractivity contribution in [2.45, 2.75) is 56.2 Å². The van der Waals surface area contributed by atoms with Gasteiger partial charge in [-0.1, -0.05) is 22.6 Å². The van der Waals surface area contributed by atoms with Crippen LogP contribution < -0.4 is 4.74 Å². The molecule has 0 unspecified atom stereocenters. The summed E-state index contributed by atoms with van der Waals surface area (Å²) in [5, 5.41) is 28.7. The third kappa shape index (κ3) is 3.52. The molecule has 1 N–H and O–H groups in total. The second kappa shape index (κ2) is 6.70. The van der Waals surface area contributed by atoms with Crippen LogP contribution in [0.3, 0.4) is 0 Å². The molecule has 1 aromatic carbocycles. The van der Waals surface area contributed by atoms with Crippen molar-refractivity contribution in [2.75, 3.05) is 7.11 Å². The number of aromatic nitrogens is 6. The minimum atomic E-state index is -1.20. The highest BCUT2D eigenvalue weighted by Crippen LogP contribution is 2.39. The van der Waals surface area contributed by atoms with Crippen LogP contribution in [0.2, 0.25) is 0 Å². The summed E-state index contributed by atoms with van der Waals surface area (Å²) in [5.74, 6) is 1.80. The second-order valence-electron chi connectivity index (χ2n) is 7.99. The Kier molecular flexibility index (Phi) is 4.16. The molecule has 0 amide bonds. The average molecular weight is 380 g/mol. The minimum Gasteiger partial charge on any atom is -0.497 e. The van der Waals surface area contributed by atoms with E-state index < -0.39 is 5.60 Å². The topological polar surface area (TPSA) is 90.9 Å². The Labute approximate surface area is 163 Å². The van der Waals surface area contributed by atoms with Gasteiger partial charge in [-0.3, -0.25) is 0 Å². The lowest BCUT2D eigenvalue weighted by Gasteiger charge is -2.28. The minimum absolute atomic E-state index is 0.289. The van der Waals surface area contributed by atoms with Crippen LogP contribution in [0.1, 0.15) is 54.5 Å². The molecule has 8 nitrogen and oxygen atoms in total. The molecule has 5 rings (SSSR count). The number of benzene rings is 1. The van der Waals surface area contributed by atoms with Crippen molar-refractivity contribution in [1.82, 2.24) is 30.0 Å². The van der Waals surface area contributed by atoms with Gasteiger partial charge in [-0.2, -0.15) is 0 Å². The number of aliphatic hydroxyl groups is 1. The van der Waals surface area contributed by atoms with Crippen LogP contribution in [0.15, 0.2) is 36.7 Å². The highest BCUT2D eigenvalue weighted by Gasteiger charge is 2.34. The van der Waals surface area contributed by atoms with E-state index in [4.69, 9.17) is 4.74 Å². The second-order valence-corrected chi connectivity index (χ2v) is 7.99. The van der Waals surface area contributed by atoms with Gasteiger partial charge in [0.05, 0.1) is 31.6 Å². The Morgan fingerprint density at radius 2 is 1.43 bits per heavy atom. The Bertz CT molecular complexity index is 903. The van der Waals surface area contributed by atoms with Gasteiger partial charge in [0.15, 0.2) is 0 Å². The van der Waals surface area contributed by atoms with E-state index in [1.165, 1.54) is 25.7 Å². The van der Waals surface area contributed by atoms with E-state index in [1.54, 1.807) is 16.5 Å². The summed E-state index contributed by atoms with van der Waals surface area (Å²) in [6, 6.07) is 7.48. The Morgan fingerprint density at radius 1 is 0.929 bits per heavy atom. The van der Waals surface area contributed by atoms with Gasteiger partial charge in [0, 0.05) is 24.2 Å². The summed E-state index contributed by atoms with van der Waals surface area (Å²) < 4.78 is 8.72. The molecule has 28 heavy (non-hydrogen) atoms. The van der Waals surface area contributed by atoms with E-state index in [-0.39, 0.29) is 13.1 Å². The number of rotatable bonds is 8. The maximum Gasteiger partial charge on any atom is 0.129 e. The quantitative estimate of drug-likeness (QED) is 0.644. The molecule has 146 valence electrons. The Balaban J connectivity index is 1.43. The maximum atomic E-state index is 11.7. The molecule has 8 heteroatoms. The normalized spacial score (nSPS) is 17.1. The van der Waals surface area contributed by atoms with Crippen LogP contribution in [0.5, 0.6) is 5.75 Å². The molecule has 2 saturated carbocycles. The first-order chi connectivity index (χ1) is 13.6. The van der Waals surface area contributed by atoms with Crippen LogP contribution in [-0.2, 0) is 18.7 Å². The predicted octanol–water partition coefficient (Wildman–Crippen LogP) is 2.22. The highest BCUT2D eigenvalue weighted by molar-refractivity contribution is 5.31. The number of methoxy groups -OCH3 is 1. The van der Waals surface area contributed by atoms with Gasteiger partial charge in [0.2, 0.25) is 0 Å².